The van der Waals surface area contributed by atoms with Gasteiger partial charge in [0.25, 0.3) is 0 Å². The van der Waals surface area contributed by atoms with Crippen molar-refractivity contribution in [2.45, 2.75) is 51.8 Å². The van der Waals surface area contributed by atoms with Crippen molar-refractivity contribution in [2.24, 2.45) is 0 Å². The van der Waals surface area contributed by atoms with Gasteiger partial charge < -0.3 is 24.6 Å². The number of methoxy groups -OCH3 is 1. The molecule has 22 heavy (non-hydrogen) atoms. The van der Waals surface area contributed by atoms with Crippen molar-refractivity contribution in [3.05, 3.63) is 18.0 Å². The fourth-order valence-corrected chi connectivity index (χ4v) is 1.88. The van der Waals surface area contributed by atoms with Crippen molar-refractivity contribution in [2.75, 3.05) is 20.3 Å². The SMILES string of the molecule is COCC(CCCNC(=O)OC(C)(C)C)NCc1ccno1. The van der Waals surface area contributed by atoms with Crippen molar-refractivity contribution >= 4 is 6.09 Å². The second-order valence-electron chi connectivity index (χ2n) is 6.08. The lowest BCUT2D eigenvalue weighted by molar-refractivity contribution is 0.0526. The molecule has 1 amide bonds. The molecule has 7 heteroatoms. The lowest BCUT2D eigenvalue weighted by atomic mass is 10.1. The molecule has 2 N–H and O–H groups in total. The minimum atomic E-state index is -0.471. The Balaban J connectivity index is 2.19. The molecule has 0 radical (unpaired) electrons. The van der Waals surface area contributed by atoms with Gasteiger partial charge in [-0.3, -0.25) is 0 Å². The monoisotopic (exact) mass is 313 g/mol. The molecule has 0 aliphatic heterocycles. The van der Waals surface area contributed by atoms with E-state index in [0.29, 0.717) is 19.7 Å². The maximum atomic E-state index is 11.5. The highest BCUT2D eigenvalue weighted by Crippen LogP contribution is 2.06. The van der Waals surface area contributed by atoms with Crippen LogP contribution in [0.5, 0.6) is 0 Å². The summed E-state index contributed by atoms with van der Waals surface area (Å²) in [6, 6.07) is 2.01. The van der Waals surface area contributed by atoms with E-state index < -0.39 is 5.60 Å². The normalized spacial score (nSPS) is 12.9. The van der Waals surface area contributed by atoms with E-state index in [0.717, 1.165) is 18.6 Å². The van der Waals surface area contributed by atoms with E-state index >= 15 is 0 Å². The number of hydrogen-bond acceptors (Lipinski definition) is 6. The molecule has 0 saturated heterocycles. The minimum Gasteiger partial charge on any atom is -0.444 e. The molecular weight excluding hydrogens is 286 g/mol. The molecule has 1 unspecified atom stereocenters. The molecule has 1 aromatic rings. The summed E-state index contributed by atoms with van der Waals surface area (Å²) in [5.41, 5.74) is -0.471. The van der Waals surface area contributed by atoms with Crippen LogP contribution >= 0.6 is 0 Å². The number of rotatable bonds is 9. The molecule has 1 rings (SSSR count). The van der Waals surface area contributed by atoms with E-state index in [2.05, 4.69) is 15.8 Å². The van der Waals surface area contributed by atoms with Gasteiger partial charge in [0.05, 0.1) is 19.3 Å². The largest absolute Gasteiger partial charge is 0.444 e. The number of nitrogens with zero attached hydrogens (tertiary/aromatic N) is 1. The maximum Gasteiger partial charge on any atom is 0.407 e. The first-order valence-corrected chi connectivity index (χ1v) is 7.49. The van der Waals surface area contributed by atoms with Gasteiger partial charge in [-0.25, -0.2) is 4.79 Å². The molecule has 126 valence electrons. The van der Waals surface area contributed by atoms with Gasteiger partial charge in [-0.05, 0) is 33.6 Å². The minimum absolute atomic E-state index is 0.190. The molecule has 0 saturated carbocycles. The summed E-state index contributed by atoms with van der Waals surface area (Å²) >= 11 is 0. The zero-order valence-corrected chi connectivity index (χ0v) is 13.8. The molecule has 0 aliphatic rings. The molecule has 1 heterocycles. The highest BCUT2D eigenvalue weighted by Gasteiger charge is 2.15. The average Bonchev–Trinajstić information content (AvgIpc) is 2.92. The fourth-order valence-electron chi connectivity index (χ4n) is 1.88. The molecule has 0 bridgehead atoms. The average molecular weight is 313 g/mol. The van der Waals surface area contributed by atoms with Gasteiger partial charge in [-0.1, -0.05) is 5.16 Å². The van der Waals surface area contributed by atoms with Crippen molar-refractivity contribution < 1.29 is 18.8 Å². The molecule has 1 atom stereocenters. The van der Waals surface area contributed by atoms with Crippen LogP contribution in [0.4, 0.5) is 4.79 Å². The highest BCUT2D eigenvalue weighted by atomic mass is 16.6. The highest BCUT2D eigenvalue weighted by molar-refractivity contribution is 5.67. The smallest absolute Gasteiger partial charge is 0.407 e. The summed E-state index contributed by atoms with van der Waals surface area (Å²) in [4.78, 5) is 11.5. The Morgan fingerprint density at radius 1 is 1.45 bits per heavy atom. The van der Waals surface area contributed by atoms with Crippen LogP contribution in [0, 0.1) is 0 Å². The van der Waals surface area contributed by atoms with Gasteiger partial charge in [-0.2, -0.15) is 0 Å². The maximum absolute atomic E-state index is 11.5. The van der Waals surface area contributed by atoms with Gasteiger partial charge in [0, 0.05) is 25.8 Å². The van der Waals surface area contributed by atoms with Gasteiger partial charge in [0.1, 0.15) is 11.4 Å². The first-order chi connectivity index (χ1) is 10.4. The van der Waals surface area contributed by atoms with Crippen LogP contribution in [0.25, 0.3) is 0 Å². The van der Waals surface area contributed by atoms with Gasteiger partial charge >= 0.3 is 6.09 Å². The standard InChI is InChI=1S/C15H27N3O4/c1-15(2,3)21-14(19)16-8-5-6-12(11-20-4)17-10-13-7-9-18-22-13/h7,9,12,17H,5-6,8,10-11H2,1-4H3,(H,16,19). The summed E-state index contributed by atoms with van der Waals surface area (Å²) in [7, 11) is 1.67. The summed E-state index contributed by atoms with van der Waals surface area (Å²) in [6.07, 6.45) is 2.94. The summed E-state index contributed by atoms with van der Waals surface area (Å²) < 4.78 is 15.4. The second kappa shape index (κ2) is 9.42. The van der Waals surface area contributed by atoms with Crippen molar-refractivity contribution in [1.82, 2.24) is 15.8 Å². The third kappa shape index (κ3) is 8.63. The molecule has 1 aromatic heterocycles. The predicted octanol–water partition coefficient (Wildman–Crippen LogP) is 2.08. The Labute approximate surface area is 131 Å². The number of carbonyl (C=O) groups is 1. The van der Waals surface area contributed by atoms with Crippen molar-refractivity contribution in [3.63, 3.8) is 0 Å². The first-order valence-electron chi connectivity index (χ1n) is 7.49. The van der Waals surface area contributed by atoms with Crippen molar-refractivity contribution in [1.29, 1.82) is 0 Å². The van der Waals surface area contributed by atoms with Gasteiger partial charge in [-0.15, -0.1) is 0 Å². The van der Waals surface area contributed by atoms with Crippen LogP contribution in [-0.2, 0) is 16.0 Å². The van der Waals surface area contributed by atoms with Crippen LogP contribution in [0.15, 0.2) is 16.8 Å². The summed E-state index contributed by atoms with van der Waals surface area (Å²) in [5, 5.41) is 9.76. The molecule has 0 aliphatic carbocycles. The van der Waals surface area contributed by atoms with Gasteiger partial charge in [0.2, 0.25) is 0 Å². The van der Waals surface area contributed by atoms with E-state index in [1.54, 1.807) is 13.3 Å². The number of nitrogens with one attached hydrogen (secondary N) is 2. The van der Waals surface area contributed by atoms with Gasteiger partial charge in [0.15, 0.2) is 0 Å². The Morgan fingerprint density at radius 2 is 2.23 bits per heavy atom. The molecule has 0 fully saturated rings. The number of hydrogen-bond donors (Lipinski definition) is 2. The predicted molar refractivity (Wildman–Crippen MR) is 82.5 cm³/mol. The van der Waals surface area contributed by atoms with E-state index in [1.165, 1.54) is 0 Å². The number of carbonyl (C=O) groups excluding carboxylic acids is 1. The number of ether oxygens (including phenoxy) is 2. The summed E-state index contributed by atoms with van der Waals surface area (Å²) in [5.74, 6) is 0.785. The molecule has 0 aromatic carbocycles. The Morgan fingerprint density at radius 3 is 2.82 bits per heavy atom. The number of aromatic nitrogens is 1. The van der Waals surface area contributed by atoms with Crippen LogP contribution in [0.1, 0.15) is 39.4 Å². The zero-order chi connectivity index (χ0) is 16.4. The Bertz CT molecular complexity index is 415. The molecular formula is C15H27N3O4. The number of alkyl carbamates (subject to hydrolysis) is 1. The fraction of sp³-hybridized carbons (Fsp3) is 0.733. The second-order valence-corrected chi connectivity index (χ2v) is 6.08. The topological polar surface area (TPSA) is 85.6 Å². The van der Waals surface area contributed by atoms with E-state index in [-0.39, 0.29) is 12.1 Å². The van der Waals surface area contributed by atoms with Crippen molar-refractivity contribution in [3.8, 4) is 0 Å². The molecule has 7 nitrogen and oxygen atoms in total. The lowest BCUT2D eigenvalue weighted by Gasteiger charge is -2.20. The van der Waals surface area contributed by atoms with Crippen LogP contribution in [0.3, 0.4) is 0 Å². The third-order valence-electron chi connectivity index (χ3n) is 2.82. The van der Waals surface area contributed by atoms with Crippen LogP contribution in [-0.4, -0.2) is 43.2 Å². The van der Waals surface area contributed by atoms with Crippen LogP contribution < -0.4 is 10.6 Å². The van der Waals surface area contributed by atoms with E-state index in [9.17, 15) is 4.79 Å². The van der Waals surface area contributed by atoms with E-state index in [1.807, 2.05) is 26.8 Å². The Hall–Kier alpha value is -1.60. The quantitative estimate of drug-likeness (QED) is 0.679. The molecule has 0 spiro atoms. The Kier molecular flexibility index (Phi) is 7.90. The third-order valence-corrected chi connectivity index (χ3v) is 2.82. The number of amides is 1. The van der Waals surface area contributed by atoms with Crippen LogP contribution in [0.2, 0.25) is 0 Å². The van der Waals surface area contributed by atoms with E-state index in [4.69, 9.17) is 14.0 Å². The zero-order valence-electron chi connectivity index (χ0n) is 13.8. The first kappa shape index (κ1) is 18.4. The summed E-state index contributed by atoms with van der Waals surface area (Å²) in [6.45, 7) is 7.30. The lowest BCUT2D eigenvalue weighted by Crippen LogP contribution is -2.35.